The molecule has 0 spiro atoms. The standard InChI is InChI=1S/C14H19F2N3O/c1-2-9-3-5-19(6-4-9)13-11(15)7-10(8-12(13)16)14(17)18-20/h7-9,20H,2-6H2,1H3,(H2,17,18). The summed E-state index contributed by atoms with van der Waals surface area (Å²) in [6.45, 7) is 3.43. The molecule has 0 radical (unpaired) electrons. The molecular weight excluding hydrogens is 264 g/mol. The number of halogens is 2. The molecule has 0 saturated carbocycles. The van der Waals surface area contributed by atoms with Crippen molar-refractivity contribution in [2.75, 3.05) is 18.0 Å². The molecule has 1 heterocycles. The van der Waals surface area contributed by atoms with Crippen LogP contribution in [0.15, 0.2) is 17.3 Å². The van der Waals surface area contributed by atoms with Crippen LogP contribution in [-0.2, 0) is 0 Å². The van der Waals surface area contributed by atoms with E-state index in [2.05, 4.69) is 12.1 Å². The van der Waals surface area contributed by atoms with Gasteiger partial charge in [0.1, 0.15) is 17.3 Å². The molecular formula is C14H19F2N3O. The number of hydrogen-bond donors (Lipinski definition) is 2. The fourth-order valence-corrected chi connectivity index (χ4v) is 2.64. The second kappa shape index (κ2) is 6.07. The Kier molecular flexibility index (Phi) is 4.42. The summed E-state index contributed by atoms with van der Waals surface area (Å²) < 4.78 is 28.2. The highest BCUT2D eigenvalue weighted by atomic mass is 19.1. The Morgan fingerprint density at radius 3 is 2.35 bits per heavy atom. The van der Waals surface area contributed by atoms with Crippen molar-refractivity contribution in [1.29, 1.82) is 0 Å². The SMILES string of the molecule is CCC1CCN(c2c(F)cc(C(N)=NO)cc2F)CC1. The lowest BCUT2D eigenvalue weighted by molar-refractivity contribution is 0.318. The van der Waals surface area contributed by atoms with Crippen molar-refractivity contribution >= 4 is 11.5 Å². The lowest BCUT2D eigenvalue weighted by Crippen LogP contribution is -2.34. The summed E-state index contributed by atoms with van der Waals surface area (Å²) in [6, 6.07) is 2.19. The topological polar surface area (TPSA) is 61.8 Å². The van der Waals surface area contributed by atoms with Gasteiger partial charge in [-0.1, -0.05) is 18.5 Å². The number of hydrogen-bond acceptors (Lipinski definition) is 3. The summed E-state index contributed by atoms with van der Waals surface area (Å²) >= 11 is 0. The van der Waals surface area contributed by atoms with E-state index in [1.807, 2.05) is 0 Å². The van der Waals surface area contributed by atoms with Crippen LogP contribution in [0.1, 0.15) is 31.7 Å². The maximum atomic E-state index is 14.1. The molecule has 1 saturated heterocycles. The van der Waals surface area contributed by atoms with Gasteiger partial charge >= 0.3 is 0 Å². The number of rotatable bonds is 3. The Bertz CT molecular complexity index is 488. The van der Waals surface area contributed by atoms with E-state index in [-0.39, 0.29) is 17.1 Å². The first-order valence-corrected chi connectivity index (χ1v) is 6.78. The molecule has 3 N–H and O–H groups in total. The van der Waals surface area contributed by atoms with Crippen LogP contribution >= 0.6 is 0 Å². The molecule has 0 amide bonds. The van der Waals surface area contributed by atoms with E-state index in [1.54, 1.807) is 4.90 Å². The third-order valence-electron chi connectivity index (χ3n) is 3.93. The van der Waals surface area contributed by atoms with Crippen molar-refractivity contribution in [1.82, 2.24) is 0 Å². The van der Waals surface area contributed by atoms with Gasteiger partial charge in [0.2, 0.25) is 0 Å². The third-order valence-corrected chi connectivity index (χ3v) is 3.93. The van der Waals surface area contributed by atoms with Crippen molar-refractivity contribution in [3.8, 4) is 0 Å². The van der Waals surface area contributed by atoms with Gasteiger partial charge in [-0.05, 0) is 30.9 Å². The molecule has 110 valence electrons. The first kappa shape index (κ1) is 14.6. The van der Waals surface area contributed by atoms with Crippen molar-refractivity contribution in [3.63, 3.8) is 0 Å². The summed E-state index contributed by atoms with van der Waals surface area (Å²) in [7, 11) is 0. The van der Waals surface area contributed by atoms with Crippen molar-refractivity contribution in [2.24, 2.45) is 16.8 Å². The minimum absolute atomic E-state index is 0.0194. The molecule has 1 aliphatic rings. The van der Waals surface area contributed by atoms with E-state index in [0.717, 1.165) is 31.4 Å². The molecule has 1 aromatic rings. The van der Waals surface area contributed by atoms with Gasteiger partial charge < -0.3 is 15.8 Å². The van der Waals surface area contributed by atoms with Crippen LogP contribution in [0.3, 0.4) is 0 Å². The Balaban J connectivity index is 2.25. The molecule has 0 aromatic heterocycles. The summed E-state index contributed by atoms with van der Waals surface area (Å²) in [5.41, 5.74) is 5.37. The molecule has 6 heteroatoms. The Morgan fingerprint density at radius 2 is 1.90 bits per heavy atom. The zero-order valence-corrected chi connectivity index (χ0v) is 11.4. The first-order chi connectivity index (χ1) is 9.56. The molecule has 0 bridgehead atoms. The maximum absolute atomic E-state index is 14.1. The third kappa shape index (κ3) is 2.84. The molecule has 0 atom stereocenters. The van der Waals surface area contributed by atoms with E-state index in [4.69, 9.17) is 10.9 Å². The van der Waals surface area contributed by atoms with Crippen molar-refractivity contribution in [2.45, 2.75) is 26.2 Å². The van der Waals surface area contributed by atoms with Gasteiger partial charge in [-0.15, -0.1) is 0 Å². The molecule has 0 unspecified atom stereocenters. The van der Waals surface area contributed by atoms with Crippen LogP contribution in [0.5, 0.6) is 0 Å². The van der Waals surface area contributed by atoms with Gasteiger partial charge in [0, 0.05) is 18.7 Å². The highest BCUT2D eigenvalue weighted by Crippen LogP contribution is 2.30. The van der Waals surface area contributed by atoms with Gasteiger partial charge in [-0.2, -0.15) is 0 Å². The minimum atomic E-state index is -0.679. The summed E-state index contributed by atoms with van der Waals surface area (Å²) in [5.74, 6) is -1.03. The zero-order valence-electron chi connectivity index (χ0n) is 11.4. The number of piperidine rings is 1. The fourth-order valence-electron chi connectivity index (χ4n) is 2.64. The first-order valence-electron chi connectivity index (χ1n) is 6.78. The predicted octanol–water partition coefficient (Wildman–Crippen LogP) is 2.69. The van der Waals surface area contributed by atoms with E-state index >= 15 is 0 Å². The second-order valence-corrected chi connectivity index (χ2v) is 5.11. The van der Waals surface area contributed by atoms with Crippen molar-refractivity contribution < 1.29 is 14.0 Å². The van der Waals surface area contributed by atoms with Crippen LogP contribution in [-0.4, -0.2) is 24.1 Å². The number of amidine groups is 1. The van der Waals surface area contributed by atoms with E-state index in [0.29, 0.717) is 19.0 Å². The van der Waals surface area contributed by atoms with Crippen LogP contribution < -0.4 is 10.6 Å². The van der Waals surface area contributed by atoms with Gasteiger partial charge in [0.25, 0.3) is 0 Å². The monoisotopic (exact) mass is 283 g/mol. The smallest absolute Gasteiger partial charge is 0.170 e. The van der Waals surface area contributed by atoms with Crippen LogP contribution in [0, 0.1) is 17.6 Å². The van der Waals surface area contributed by atoms with E-state index in [1.165, 1.54) is 0 Å². The molecule has 2 rings (SSSR count). The Morgan fingerprint density at radius 1 is 1.35 bits per heavy atom. The lowest BCUT2D eigenvalue weighted by Gasteiger charge is -2.33. The van der Waals surface area contributed by atoms with E-state index < -0.39 is 11.6 Å². The average molecular weight is 283 g/mol. The number of oxime groups is 1. The number of anilines is 1. The molecule has 1 aromatic carbocycles. The summed E-state index contributed by atoms with van der Waals surface area (Å²) in [5, 5.41) is 11.3. The number of nitrogens with two attached hydrogens (primary N) is 1. The van der Waals surface area contributed by atoms with Crippen LogP contribution in [0.4, 0.5) is 14.5 Å². The number of nitrogens with zero attached hydrogens (tertiary/aromatic N) is 2. The zero-order chi connectivity index (χ0) is 14.7. The van der Waals surface area contributed by atoms with Gasteiger partial charge in [-0.3, -0.25) is 0 Å². The van der Waals surface area contributed by atoms with Crippen LogP contribution in [0.2, 0.25) is 0 Å². The number of benzene rings is 1. The fraction of sp³-hybridized carbons (Fsp3) is 0.500. The predicted molar refractivity (Wildman–Crippen MR) is 74.1 cm³/mol. The molecule has 20 heavy (non-hydrogen) atoms. The average Bonchev–Trinajstić information content (AvgIpc) is 2.46. The van der Waals surface area contributed by atoms with Gasteiger partial charge in [0.15, 0.2) is 5.84 Å². The van der Waals surface area contributed by atoms with Crippen LogP contribution in [0.25, 0.3) is 0 Å². The quantitative estimate of drug-likeness (QED) is 0.388. The second-order valence-electron chi connectivity index (χ2n) is 5.11. The maximum Gasteiger partial charge on any atom is 0.170 e. The summed E-state index contributed by atoms with van der Waals surface area (Å²) in [4.78, 5) is 1.73. The van der Waals surface area contributed by atoms with Crippen molar-refractivity contribution in [3.05, 3.63) is 29.3 Å². The largest absolute Gasteiger partial charge is 0.409 e. The van der Waals surface area contributed by atoms with E-state index in [9.17, 15) is 8.78 Å². The minimum Gasteiger partial charge on any atom is -0.409 e. The highest BCUT2D eigenvalue weighted by Gasteiger charge is 2.23. The Hall–Kier alpha value is -1.85. The summed E-state index contributed by atoms with van der Waals surface area (Å²) in [6.07, 6.45) is 2.98. The molecule has 1 fully saturated rings. The van der Waals surface area contributed by atoms with Gasteiger partial charge in [-0.25, -0.2) is 8.78 Å². The Labute approximate surface area is 116 Å². The molecule has 0 aliphatic carbocycles. The normalized spacial score (nSPS) is 17.6. The molecule has 1 aliphatic heterocycles. The lowest BCUT2D eigenvalue weighted by atomic mass is 9.94. The van der Waals surface area contributed by atoms with Gasteiger partial charge in [0.05, 0.1) is 0 Å². The molecule has 4 nitrogen and oxygen atoms in total. The highest BCUT2D eigenvalue weighted by molar-refractivity contribution is 5.97.